The molecule has 0 aliphatic carbocycles. The lowest BCUT2D eigenvalue weighted by Gasteiger charge is -2.16. The zero-order valence-corrected chi connectivity index (χ0v) is 13.5. The van der Waals surface area contributed by atoms with Gasteiger partial charge in [-0.25, -0.2) is 4.98 Å². The molecule has 20 heavy (non-hydrogen) atoms. The Morgan fingerprint density at radius 1 is 1.45 bits per heavy atom. The second kappa shape index (κ2) is 6.01. The second-order valence-corrected chi connectivity index (χ2v) is 8.46. The van der Waals surface area contributed by atoms with Crippen LogP contribution >= 0.6 is 23.1 Å². The average Bonchev–Trinajstić information content (AvgIpc) is 2.68. The van der Waals surface area contributed by atoms with Gasteiger partial charge in [-0.3, -0.25) is 4.79 Å². The lowest BCUT2D eigenvalue weighted by atomic mass is 10.3. The van der Waals surface area contributed by atoms with Crippen LogP contribution in [0.3, 0.4) is 0 Å². The van der Waals surface area contributed by atoms with Crippen molar-refractivity contribution in [3.8, 4) is 0 Å². The van der Waals surface area contributed by atoms with Crippen LogP contribution < -0.4 is 11.1 Å². The van der Waals surface area contributed by atoms with Crippen LogP contribution in [0.5, 0.6) is 0 Å². The highest BCUT2D eigenvalue weighted by atomic mass is 32.2. The van der Waals surface area contributed by atoms with Crippen LogP contribution in [0.15, 0.2) is 18.2 Å². The second-order valence-electron chi connectivity index (χ2n) is 5.51. The number of amides is 1. The van der Waals surface area contributed by atoms with Gasteiger partial charge in [0.05, 0.1) is 10.2 Å². The Morgan fingerprint density at radius 2 is 2.20 bits per heavy atom. The highest BCUT2D eigenvalue weighted by molar-refractivity contribution is 8.00. The SMILES string of the molecule is CC(C)(C)SCCC(=O)Nc1nc2ccc(N)cc2s1. The molecule has 1 aromatic heterocycles. The molecule has 0 bridgehead atoms. The molecular formula is C14H19N3OS2. The van der Waals surface area contributed by atoms with E-state index in [-0.39, 0.29) is 10.7 Å². The standard InChI is InChI=1S/C14H19N3OS2/c1-14(2,3)19-7-6-12(18)17-13-16-10-5-4-9(15)8-11(10)20-13/h4-5,8H,6-7,15H2,1-3H3,(H,16,17,18). The molecule has 0 aliphatic heterocycles. The number of nitrogens with zero attached hydrogens (tertiary/aromatic N) is 1. The van der Waals surface area contributed by atoms with Gasteiger partial charge in [-0.05, 0) is 18.2 Å². The number of carbonyl (C=O) groups is 1. The highest BCUT2D eigenvalue weighted by Gasteiger charge is 2.12. The van der Waals surface area contributed by atoms with Gasteiger partial charge in [-0.15, -0.1) is 0 Å². The normalized spacial score (nSPS) is 11.8. The molecule has 0 saturated heterocycles. The van der Waals surface area contributed by atoms with Crippen LogP contribution in [0.1, 0.15) is 27.2 Å². The van der Waals surface area contributed by atoms with Gasteiger partial charge >= 0.3 is 0 Å². The molecule has 3 N–H and O–H groups in total. The summed E-state index contributed by atoms with van der Waals surface area (Å²) in [6, 6.07) is 5.55. The van der Waals surface area contributed by atoms with Gasteiger partial charge in [0.2, 0.25) is 5.91 Å². The van der Waals surface area contributed by atoms with Crippen LogP contribution in [0.25, 0.3) is 10.2 Å². The summed E-state index contributed by atoms with van der Waals surface area (Å²) in [6.07, 6.45) is 0.500. The Bertz CT molecular complexity index is 616. The summed E-state index contributed by atoms with van der Waals surface area (Å²) >= 11 is 3.23. The van der Waals surface area contributed by atoms with Gasteiger partial charge in [0, 0.05) is 22.6 Å². The van der Waals surface area contributed by atoms with Crippen LogP contribution in [-0.4, -0.2) is 21.4 Å². The summed E-state index contributed by atoms with van der Waals surface area (Å²) in [5.74, 6) is 0.821. The number of benzene rings is 1. The van der Waals surface area contributed by atoms with Crippen LogP contribution in [0, 0.1) is 0 Å². The van der Waals surface area contributed by atoms with Crippen molar-refractivity contribution in [3.05, 3.63) is 18.2 Å². The largest absolute Gasteiger partial charge is 0.399 e. The fraction of sp³-hybridized carbons (Fsp3) is 0.429. The molecule has 1 heterocycles. The minimum atomic E-state index is 0.00813. The lowest BCUT2D eigenvalue weighted by molar-refractivity contribution is -0.115. The molecule has 0 atom stereocenters. The van der Waals surface area contributed by atoms with E-state index in [1.165, 1.54) is 11.3 Å². The smallest absolute Gasteiger partial charge is 0.226 e. The van der Waals surface area contributed by atoms with Crippen molar-refractivity contribution in [2.24, 2.45) is 0 Å². The van der Waals surface area contributed by atoms with E-state index in [9.17, 15) is 4.79 Å². The van der Waals surface area contributed by atoms with Gasteiger partial charge in [0.15, 0.2) is 5.13 Å². The van der Waals surface area contributed by atoms with E-state index in [1.54, 1.807) is 11.8 Å². The Kier molecular flexibility index (Phi) is 4.55. The molecule has 0 fully saturated rings. The molecule has 0 unspecified atom stereocenters. The predicted octanol–water partition coefficient (Wildman–Crippen LogP) is 3.74. The maximum atomic E-state index is 11.9. The van der Waals surface area contributed by atoms with E-state index in [4.69, 9.17) is 5.73 Å². The Hall–Kier alpha value is -1.27. The van der Waals surface area contributed by atoms with Gasteiger partial charge in [-0.2, -0.15) is 11.8 Å². The van der Waals surface area contributed by atoms with Crippen molar-refractivity contribution in [2.45, 2.75) is 31.9 Å². The monoisotopic (exact) mass is 309 g/mol. The predicted molar refractivity (Wildman–Crippen MR) is 89.5 cm³/mol. The van der Waals surface area contributed by atoms with Crippen molar-refractivity contribution in [1.82, 2.24) is 4.98 Å². The number of aromatic nitrogens is 1. The van der Waals surface area contributed by atoms with Crippen molar-refractivity contribution in [2.75, 3.05) is 16.8 Å². The quantitative estimate of drug-likeness (QED) is 0.844. The van der Waals surface area contributed by atoms with Crippen LogP contribution in [0.4, 0.5) is 10.8 Å². The summed E-state index contributed by atoms with van der Waals surface area (Å²) in [4.78, 5) is 16.2. The summed E-state index contributed by atoms with van der Waals surface area (Å²) in [6.45, 7) is 6.44. The number of nitrogens with two attached hydrogens (primary N) is 1. The van der Waals surface area contributed by atoms with Gasteiger partial charge < -0.3 is 11.1 Å². The molecule has 0 spiro atoms. The molecule has 2 rings (SSSR count). The van der Waals surface area contributed by atoms with Crippen molar-refractivity contribution < 1.29 is 4.79 Å². The molecule has 0 radical (unpaired) electrons. The molecule has 4 nitrogen and oxygen atoms in total. The number of carbonyl (C=O) groups excluding carboxylic acids is 1. The van der Waals surface area contributed by atoms with Crippen molar-refractivity contribution >= 4 is 50.0 Å². The fourth-order valence-electron chi connectivity index (χ4n) is 1.63. The highest BCUT2D eigenvalue weighted by Crippen LogP contribution is 2.28. The summed E-state index contributed by atoms with van der Waals surface area (Å²) in [5, 5.41) is 3.49. The van der Waals surface area contributed by atoms with E-state index in [2.05, 4.69) is 31.1 Å². The van der Waals surface area contributed by atoms with Crippen molar-refractivity contribution in [1.29, 1.82) is 0 Å². The maximum absolute atomic E-state index is 11.9. The zero-order valence-electron chi connectivity index (χ0n) is 11.9. The topological polar surface area (TPSA) is 68.0 Å². The minimum absolute atomic E-state index is 0.00813. The van der Waals surface area contributed by atoms with Crippen LogP contribution in [0.2, 0.25) is 0 Å². The Morgan fingerprint density at radius 3 is 2.90 bits per heavy atom. The van der Waals surface area contributed by atoms with E-state index in [1.807, 2.05) is 18.2 Å². The number of anilines is 2. The minimum Gasteiger partial charge on any atom is -0.399 e. The molecule has 0 saturated carbocycles. The summed E-state index contributed by atoms with van der Waals surface area (Å²) < 4.78 is 1.18. The maximum Gasteiger partial charge on any atom is 0.226 e. The van der Waals surface area contributed by atoms with E-state index in [0.29, 0.717) is 17.2 Å². The van der Waals surface area contributed by atoms with Gasteiger partial charge in [0.1, 0.15) is 0 Å². The molecule has 1 amide bonds. The molecule has 0 aliphatic rings. The van der Waals surface area contributed by atoms with Crippen LogP contribution in [-0.2, 0) is 4.79 Å². The molecular weight excluding hydrogens is 290 g/mol. The number of hydrogen-bond acceptors (Lipinski definition) is 5. The Balaban J connectivity index is 1.93. The number of fused-ring (bicyclic) bond motifs is 1. The number of thioether (sulfide) groups is 1. The summed E-state index contributed by atoms with van der Waals surface area (Å²) in [7, 11) is 0. The number of thiazole rings is 1. The first-order valence-corrected chi connectivity index (χ1v) is 8.23. The third kappa shape index (κ3) is 4.38. The van der Waals surface area contributed by atoms with Gasteiger partial charge in [0.25, 0.3) is 0 Å². The fourth-order valence-corrected chi connectivity index (χ4v) is 3.46. The third-order valence-electron chi connectivity index (χ3n) is 2.52. The zero-order chi connectivity index (χ0) is 14.8. The van der Waals surface area contributed by atoms with Gasteiger partial charge in [-0.1, -0.05) is 32.1 Å². The van der Waals surface area contributed by atoms with E-state index < -0.39 is 0 Å². The first-order chi connectivity index (χ1) is 9.33. The molecule has 1 aromatic carbocycles. The first-order valence-electron chi connectivity index (χ1n) is 6.43. The third-order valence-corrected chi connectivity index (χ3v) is 4.73. The number of nitrogen functional groups attached to an aromatic ring is 1. The molecule has 108 valence electrons. The molecule has 2 aromatic rings. The Labute approximate surface area is 127 Å². The number of hydrogen-bond donors (Lipinski definition) is 2. The lowest BCUT2D eigenvalue weighted by Crippen LogP contribution is -2.15. The average molecular weight is 309 g/mol. The first kappa shape index (κ1) is 15.1. The number of rotatable bonds is 4. The van der Waals surface area contributed by atoms with E-state index >= 15 is 0 Å². The summed E-state index contributed by atoms with van der Waals surface area (Å²) in [5.41, 5.74) is 7.30. The van der Waals surface area contributed by atoms with E-state index in [0.717, 1.165) is 16.0 Å². The van der Waals surface area contributed by atoms with Crippen molar-refractivity contribution in [3.63, 3.8) is 0 Å². The number of nitrogens with one attached hydrogen (secondary N) is 1. The molecule has 6 heteroatoms.